The van der Waals surface area contributed by atoms with E-state index in [2.05, 4.69) is 10.2 Å². The van der Waals surface area contributed by atoms with Crippen LogP contribution in [0, 0.1) is 10.1 Å². The van der Waals surface area contributed by atoms with Gasteiger partial charge in [0, 0.05) is 18.7 Å². The number of nitrogens with one attached hydrogen (secondary N) is 1. The lowest BCUT2D eigenvalue weighted by Gasteiger charge is -2.33. The van der Waals surface area contributed by atoms with Crippen molar-refractivity contribution in [3.05, 3.63) is 63.1 Å². The average Bonchev–Trinajstić information content (AvgIpc) is 3.17. The lowest BCUT2D eigenvalue weighted by Crippen LogP contribution is -2.40. The van der Waals surface area contributed by atoms with Gasteiger partial charge in [-0.25, -0.2) is 0 Å². The molecule has 3 rings (SSSR count). The van der Waals surface area contributed by atoms with Gasteiger partial charge in [-0.1, -0.05) is 18.0 Å². The lowest BCUT2D eigenvalue weighted by molar-refractivity contribution is -0.384. The fourth-order valence-corrected chi connectivity index (χ4v) is 3.47. The van der Waals surface area contributed by atoms with Gasteiger partial charge in [0.1, 0.15) is 5.76 Å². The number of rotatable bonds is 6. The molecule has 1 aromatic heterocycles. The Bertz CT molecular complexity index is 773. The number of hydrogen-bond acceptors (Lipinski definition) is 5. The zero-order valence-corrected chi connectivity index (χ0v) is 14.9. The van der Waals surface area contributed by atoms with Gasteiger partial charge in [-0.15, -0.1) is 0 Å². The van der Waals surface area contributed by atoms with Crippen LogP contribution in [0.3, 0.4) is 0 Å². The number of carbonyl (C=O) groups excluding carboxylic acids is 1. The molecule has 0 bridgehead atoms. The minimum atomic E-state index is -0.545. The van der Waals surface area contributed by atoms with Gasteiger partial charge in [0.25, 0.3) is 11.6 Å². The maximum atomic E-state index is 12.5. The van der Waals surface area contributed by atoms with Gasteiger partial charge in [0.05, 0.1) is 27.8 Å². The van der Waals surface area contributed by atoms with Gasteiger partial charge in [-0.3, -0.25) is 19.8 Å². The number of likely N-dealkylation sites (tertiary alicyclic amines) is 1. The number of hydrogen-bond donors (Lipinski definition) is 1. The zero-order chi connectivity index (χ0) is 18.5. The molecular weight excluding hydrogens is 358 g/mol. The Morgan fingerprint density at radius 2 is 2.08 bits per heavy atom. The van der Waals surface area contributed by atoms with Crippen molar-refractivity contribution in [2.45, 2.75) is 25.3 Å². The van der Waals surface area contributed by atoms with Crippen LogP contribution in [-0.4, -0.2) is 35.4 Å². The number of halogens is 1. The van der Waals surface area contributed by atoms with Crippen LogP contribution in [0.15, 0.2) is 41.0 Å². The molecule has 7 nitrogen and oxygen atoms in total. The fraction of sp³-hybridized carbons (Fsp3) is 0.389. The molecule has 138 valence electrons. The molecular formula is C18H20ClN3O4. The van der Waals surface area contributed by atoms with Crippen LogP contribution in [0.25, 0.3) is 0 Å². The summed E-state index contributed by atoms with van der Waals surface area (Å²) in [6.07, 6.45) is 5.09. The first-order valence-electron chi connectivity index (χ1n) is 8.56. The quantitative estimate of drug-likeness (QED) is 0.611. The predicted octanol–water partition coefficient (Wildman–Crippen LogP) is 3.80. The number of piperidine rings is 1. The van der Waals surface area contributed by atoms with Crippen LogP contribution >= 0.6 is 11.6 Å². The minimum Gasteiger partial charge on any atom is -0.468 e. The number of nitro benzene ring substituents is 1. The summed E-state index contributed by atoms with van der Waals surface area (Å²) in [6.45, 7) is 2.29. The van der Waals surface area contributed by atoms with E-state index in [9.17, 15) is 14.9 Å². The predicted molar refractivity (Wildman–Crippen MR) is 97.3 cm³/mol. The second-order valence-electron chi connectivity index (χ2n) is 6.26. The van der Waals surface area contributed by atoms with Gasteiger partial charge < -0.3 is 9.73 Å². The summed E-state index contributed by atoms with van der Waals surface area (Å²) in [5, 5.41) is 13.7. The molecule has 1 aliphatic rings. The van der Waals surface area contributed by atoms with Gasteiger partial charge in [0.2, 0.25) is 0 Å². The average molecular weight is 378 g/mol. The van der Waals surface area contributed by atoms with Crippen LogP contribution < -0.4 is 5.32 Å². The van der Waals surface area contributed by atoms with E-state index in [0.717, 1.165) is 31.7 Å². The first kappa shape index (κ1) is 18.4. The Balaban J connectivity index is 1.70. The minimum absolute atomic E-state index is 0.0499. The molecule has 0 spiro atoms. The summed E-state index contributed by atoms with van der Waals surface area (Å²) in [6, 6.07) is 7.52. The van der Waals surface area contributed by atoms with Gasteiger partial charge in [0.15, 0.2) is 0 Å². The second-order valence-corrected chi connectivity index (χ2v) is 6.67. The van der Waals surface area contributed by atoms with Crippen LogP contribution in [0.1, 0.15) is 41.4 Å². The molecule has 1 N–H and O–H groups in total. The van der Waals surface area contributed by atoms with Crippen molar-refractivity contribution < 1.29 is 14.1 Å². The summed E-state index contributed by atoms with van der Waals surface area (Å²) >= 11 is 6.04. The number of amides is 1. The largest absolute Gasteiger partial charge is 0.468 e. The third-order valence-electron chi connectivity index (χ3n) is 4.57. The Morgan fingerprint density at radius 1 is 1.31 bits per heavy atom. The Labute approximate surface area is 156 Å². The molecule has 1 atom stereocenters. The highest BCUT2D eigenvalue weighted by Gasteiger charge is 2.25. The molecule has 1 saturated heterocycles. The maximum absolute atomic E-state index is 12.5. The van der Waals surface area contributed by atoms with Crippen molar-refractivity contribution in [3.8, 4) is 0 Å². The van der Waals surface area contributed by atoms with Crippen LogP contribution in [0.4, 0.5) is 5.69 Å². The number of nitro groups is 1. The van der Waals surface area contributed by atoms with Crippen molar-refractivity contribution in [1.29, 1.82) is 0 Å². The second kappa shape index (κ2) is 8.33. The fourth-order valence-electron chi connectivity index (χ4n) is 3.21. The first-order chi connectivity index (χ1) is 12.6. The Morgan fingerprint density at radius 3 is 2.69 bits per heavy atom. The smallest absolute Gasteiger partial charge is 0.270 e. The maximum Gasteiger partial charge on any atom is 0.270 e. The summed E-state index contributed by atoms with van der Waals surface area (Å²) < 4.78 is 5.56. The third-order valence-corrected chi connectivity index (χ3v) is 4.88. The van der Waals surface area contributed by atoms with Gasteiger partial charge in [-0.2, -0.15) is 0 Å². The monoisotopic (exact) mass is 377 g/mol. The van der Waals surface area contributed by atoms with E-state index in [0.29, 0.717) is 6.54 Å². The SMILES string of the molecule is O=C(NCC(c1ccco1)N1CCCCC1)c1ccc([N+](=O)[O-])cc1Cl. The molecule has 1 unspecified atom stereocenters. The summed E-state index contributed by atoms with van der Waals surface area (Å²) in [5.74, 6) is 0.445. The summed E-state index contributed by atoms with van der Waals surface area (Å²) in [7, 11) is 0. The zero-order valence-electron chi connectivity index (χ0n) is 14.2. The van der Waals surface area contributed by atoms with E-state index in [4.69, 9.17) is 16.0 Å². The van der Waals surface area contributed by atoms with E-state index in [1.807, 2.05) is 12.1 Å². The van der Waals surface area contributed by atoms with Crippen LogP contribution in [-0.2, 0) is 0 Å². The van der Waals surface area contributed by atoms with Gasteiger partial charge in [-0.05, 0) is 44.1 Å². The highest BCUT2D eigenvalue weighted by atomic mass is 35.5. The molecule has 0 radical (unpaired) electrons. The van der Waals surface area contributed by atoms with E-state index in [1.165, 1.54) is 24.6 Å². The Hall–Kier alpha value is -2.38. The normalized spacial score (nSPS) is 16.2. The highest BCUT2D eigenvalue weighted by Crippen LogP contribution is 2.26. The van der Waals surface area contributed by atoms with Gasteiger partial charge >= 0.3 is 0 Å². The summed E-state index contributed by atoms with van der Waals surface area (Å²) in [5.41, 5.74) is 0.0717. The van der Waals surface area contributed by atoms with Crippen LogP contribution in [0.5, 0.6) is 0 Å². The summed E-state index contributed by atoms with van der Waals surface area (Å²) in [4.78, 5) is 25.0. The van der Waals surface area contributed by atoms with E-state index >= 15 is 0 Å². The molecule has 1 amide bonds. The molecule has 8 heteroatoms. The Kier molecular flexibility index (Phi) is 5.90. The van der Waals surface area contributed by atoms with E-state index in [-0.39, 0.29) is 28.2 Å². The lowest BCUT2D eigenvalue weighted by atomic mass is 10.1. The standard InChI is InChI=1S/C18H20ClN3O4/c19-15-11-13(22(24)25)6-7-14(15)18(23)20-12-16(17-5-4-10-26-17)21-8-2-1-3-9-21/h4-7,10-11,16H,1-3,8-9,12H2,(H,20,23). The molecule has 1 aromatic carbocycles. The molecule has 0 aliphatic carbocycles. The number of benzene rings is 1. The number of carbonyl (C=O) groups is 1. The van der Waals surface area contributed by atoms with Crippen molar-refractivity contribution in [2.75, 3.05) is 19.6 Å². The molecule has 2 aromatic rings. The van der Waals surface area contributed by atoms with Crippen molar-refractivity contribution >= 4 is 23.2 Å². The molecule has 0 saturated carbocycles. The third kappa shape index (κ3) is 4.23. The van der Waals surface area contributed by atoms with Crippen molar-refractivity contribution in [2.24, 2.45) is 0 Å². The van der Waals surface area contributed by atoms with E-state index < -0.39 is 4.92 Å². The number of nitrogens with zero attached hydrogens (tertiary/aromatic N) is 2. The van der Waals surface area contributed by atoms with Crippen LogP contribution in [0.2, 0.25) is 5.02 Å². The highest BCUT2D eigenvalue weighted by molar-refractivity contribution is 6.34. The topological polar surface area (TPSA) is 88.6 Å². The van der Waals surface area contributed by atoms with Crippen molar-refractivity contribution in [3.63, 3.8) is 0 Å². The van der Waals surface area contributed by atoms with E-state index in [1.54, 1.807) is 6.26 Å². The van der Waals surface area contributed by atoms with Crippen molar-refractivity contribution in [1.82, 2.24) is 10.2 Å². The number of non-ortho nitro benzene ring substituents is 1. The molecule has 2 heterocycles. The first-order valence-corrected chi connectivity index (χ1v) is 8.93. The molecule has 26 heavy (non-hydrogen) atoms. The molecule has 1 fully saturated rings. The molecule has 1 aliphatic heterocycles. The number of furan rings is 1.